The van der Waals surface area contributed by atoms with E-state index < -0.39 is 0 Å². The molecule has 0 spiro atoms. The van der Waals surface area contributed by atoms with Crippen molar-refractivity contribution in [2.75, 3.05) is 28.4 Å². The first-order chi connectivity index (χ1) is 17.0. The molecule has 3 aromatic carbocycles. The molecule has 0 atom stereocenters. The van der Waals surface area contributed by atoms with E-state index in [0.29, 0.717) is 35.1 Å². The number of hydrogen-bond acceptors (Lipinski definition) is 7. The predicted octanol–water partition coefficient (Wildman–Crippen LogP) is 5.44. The second-order valence-electron chi connectivity index (χ2n) is 7.59. The van der Waals surface area contributed by atoms with Gasteiger partial charge in [-0.15, -0.1) is 11.3 Å². The van der Waals surface area contributed by atoms with E-state index in [1.807, 2.05) is 47.8 Å². The lowest BCUT2D eigenvalue weighted by atomic mass is 10.1. The molecule has 0 aliphatic rings. The van der Waals surface area contributed by atoms with Crippen molar-refractivity contribution in [2.45, 2.75) is 6.54 Å². The molecule has 35 heavy (non-hydrogen) atoms. The summed E-state index contributed by atoms with van der Waals surface area (Å²) in [7, 11) is 6.34. The molecule has 0 unspecified atom stereocenters. The molecule has 0 bridgehead atoms. The zero-order valence-electron chi connectivity index (χ0n) is 20.0. The fourth-order valence-corrected chi connectivity index (χ4v) is 4.36. The molecule has 7 nitrogen and oxygen atoms in total. The van der Waals surface area contributed by atoms with Crippen LogP contribution in [0.4, 0.5) is 0 Å². The first-order valence-electron chi connectivity index (χ1n) is 10.8. The number of thiazole rings is 1. The number of carbonyl (C=O) groups excluding carboxylic acids is 1. The van der Waals surface area contributed by atoms with Gasteiger partial charge in [0.15, 0.2) is 11.5 Å². The quantitative estimate of drug-likeness (QED) is 0.337. The van der Waals surface area contributed by atoms with Crippen molar-refractivity contribution in [1.29, 1.82) is 0 Å². The molecule has 0 aliphatic carbocycles. The van der Waals surface area contributed by atoms with E-state index in [9.17, 15) is 4.79 Å². The Bertz CT molecular complexity index is 1300. The summed E-state index contributed by atoms with van der Waals surface area (Å²) >= 11 is 1.57. The normalized spacial score (nSPS) is 10.5. The van der Waals surface area contributed by atoms with Gasteiger partial charge in [-0.2, -0.15) is 0 Å². The molecule has 180 valence electrons. The van der Waals surface area contributed by atoms with Gasteiger partial charge >= 0.3 is 0 Å². The first kappa shape index (κ1) is 24.1. The summed E-state index contributed by atoms with van der Waals surface area (Å²) < 4.78 is 21.2. The van der Waals surface area contributed by atoms with Gasteiger partial charge < -0.3 is 24.3 Å². The number of aromatic nitrogens is 1. The minimum Gasteiger partial charge on any atom is -0.497 e. The molecule has 0 saturated heterocycles. The summed E-state index contributed by atoms with van der Waals surface area (Å²) in [5.74, 6) is 2.27. The average Bonchev–Trinajstić information content (AvgIpc) is 3.41. The van der Waals surface area contributed by atoms with Crippen LogP contribution in [-0.2, 0) is 6.54 Å². The molecule has 1 aromatic heterocycles. The summed E-state index contributed by atoms with van der Waals surface area (Å²) in [6.07, 6.45) is 0. The van der Waals surface area contributed by atoms with Crippen LogP contribution in [0.5, 0.6) is 23.0 Å². The molecule has 0 radical (unpaired) electrons. The third-order valence-electron chi connectivity index (χ3n) is 5.45. The van der Waals surface area contributed by atoms with Gasteiger partial charge in [0, 0.05) is 34.7 Å². The van der Waals surface area contributed by atoms with Crippen LogP contribution < -0.4 is 24.3 Å². The molecular weight excluding hydrogens is 464 g/mol. The third-order valence-corrected chi connectivity index (χ3v) is 6.34. The largest absolute Gasteiger partial charge is 0.497 e. The maximum atomic E-state index is 12.6. The van der Waals surface area contributed by atoms with Crippen molar-refractivity contribution >= 4 is 17.2 Å². The Morgan fingerprint density at radius 1 is 0.800 bits per heavy atom. The van der Waals surface area contributed by atoms with E-state index >= 15 is 0 Å². The Morgan fingerprint density at radius 2 is 1.46 bits per heavy atom. The van der Waals surface area contributed by atoms with Gasteiger partial charge in [-0.25, -0.2) is 4.98 Å². The maximum absolute atomic E-state index is 12.6. The first-order valence-corrected chi connectivity index (χ1v) is 11.7. The van der Waals surface area contributed by atoms with E-state index in [2.05, 4.69) is 5.32 Å². The Morgan fingerprint density at radius 3 is 2.09 bits per heavy atom. The van der Waals surface area contributed by atoms with Crippen molar-refractivity contribution in [3.63, 3.8) is 0 Å². The summed E-state index contributed by atoms with van der Waals surface area (Å²) in [5, 5.41) is 5.87. The summed E-state index contributed by atoms with van der Waals surface area (Å²) in [4.78, 5) is 17.4. The minimum atomic E-state index is -0.203. The second-order valence-corrected chi connectivity index (χ2v) is 8.45. The number of ether oxygens (including phenoxy) is 4. The van der Waals surface area contributed by atoms with Gasteiger partial charge in [-0.05, 0) is 35.9 Å². The number of amides is 1. The van der Waals surface area contributed by atoms with Crippen LogP contribution in [0.15, 0.2) is 66.0 Å². The van der Waals surface area contributed by atoms with Gasteiger partial charge in [0.05, 0.1) is 34.1 Å². The lowest BCUT2D eigenvalue weighted by Crippen LogP contribution is -2.22. The van der Waals surface area contributed by atoms with Crippen molar-refractivity contribution in [3.8, 4) is 44.8 Å². The summed E-state index contributed by atoms with van der Waals surface area (Å²) in [5.41, 5.74) is 4.29. The fraction of sp³-hybridized carbons (Fsp3) is 0.185. The second kappa shape index (κ2) is 10.9. The van der Waals surface area contributed by atoms with Gasteiger partial charge in [-0.1, -0.05) is 24.3 Å². The van der Waals surface area contributed by atoms with Crippen LogP contribution >= 0.6 is 11.3 Å². The minimum absolute atomic E-state index is 0.203. The fourth-order valence-electron chi connectivity index (χ4n) is 3.52. The lowest BCUT2D eigenvalue weighted by Gasteiger charge is -2.09. The number of methoxy groups -OCH3 is 4. The third kappa shape index (κ3) is 5.55. The van der Waals surface area contributed by atoms with E-state index in [-0.39, 0.29) is 5.91 Å². The average molecular weight is 491 g/mol. The molecule has 4 aromatic rings. The molecular formula is C27H26N2O5S. The Kier molecular flexibility index (Phi) is 7.52. The van der Waals surface area contributed by atoms with Gasteiger partial charge in [-0.3, -0.25) is 4.79 Å². The molecule has 0 fully saturated rings. The van der Waals surface area contributed by atoms with Crippen LogP contribution in [-0.4, -0.2) is 39.3 Å². The molecule has 1 N–H and O–H groups in total. The Balaban J connectivity index is 1.43. The van der Waals surface area contributed by atoms with Crippen molar-refractivity contribution in [1.82, 2.24) is 10.3 Å². The number of carbonyl (C=O) groups is 1. The lowest BCUT2D eigenvalue weighted by molar-refractivity contribution is 0.0950. The number of hydrogen-bond donors (Lipinski definition) is 1. The zero-order chi connectivity index (χ0) is 24.8. The van der Waals surface area contributed by atoms with Crippen LogP contribution in [0.2, 0.25) is 0 Å². The number of nitrogens with one attached hydrogen (secondary N) is 1. The Labute approximate surface area is 208 Å². The summed E-state index contributed by atoms with van der Waals surface area (Å²) in [6, 6.07) is 18.8. The maximum Gasteiger partial charge on any atom is 0.251 e. The summed E-state index contributed by atoms with van der Waals surface area (Å²) in [6.45, 7) is 0.396. The molecule has 8 heteroatoms. The standard InChI is InChI=1S/C27H26N2O5S/c1-31-21-11-20(12-22(14-21)32-2)26(30)28-15-17-5-7-18(8-6-17)27-29-23(16-35-27)19-9-10-24(33-3)25(13-19)34-4/h5-14,16H,15H2,1-4H3,(H,28,30). The monoisotopic (exact) mass is 490 g/mol. The van der Waals surface area contributed by atoms with Crippen LogP contribution in [0.1, 0.15) is 15.9 Å². The molecule has 0 aliphatic heterocycles. The van der Waals surface area contributed by atoms with Crippen molar-refractivity contribution < 1.29 is 23.7 Å². The predicted molar refractivity (Wildman–Crippen MR) is 137 cm³/mol. The van der Waals surface area contributed by atoms with Crippen LogP contribution in [0.3, 0.4) is 0 Å². The van der Waals surface area contributed by atoms with Crippen LogP contribution in [0.25, 0.3) is 21.8 Å². The van der Waals surface area contributed by atoms with Gasteiger partial charge in [0.25, 0.3) is 5.91 Å². The van der Waals surface area contributed by atoms with Crippen molar-refractivity contribution in [3.05, 3.63) is 77.2 Å². The molecule has 4 rings (SSSR count). The number of benzene rings is 3. The number of rotatable bonds is 9. The van der Waals surface area contributed by atoms with Crippen LogP contribution in [0, 0.1) is 0 Å². The molecule has 1 heterocycles. The smallest absolute Gasteiger partial charge is 0.251 e. The highest BCUT2D eigenvalue weighted by Crippen LogP contribution is 2.34. The van der Waals surface area contributed by atoms with E-state index in [1.54, 1.807) is 58.0 Å². The van der Waals surface area contributed by atoms with Crippen molar-refractivity contribution in [2.24, 2.45) is 0 Å². The molecule has 1 amide bonds. The highest BCUT2D eigenvalue weighted by Gasteiger charge is 2.12. The highest BCUT2D eigenvalue weighted by atomic mass is 32.1. The van der Waals surface area contributed by atoms with E-state index in [0.717, 1.165) is 27.4 Å². The topological polar surface area (TPSA) is 78.9 Å². The van der Waals surface area contributed by atoms with Gasteiger partial charge in [0.1, 0.15) is 16.5 Å². The van der Waals surface area contributed by atoms with E-state index in [1.165, 1.54) is 0 Å². The van der Waals surface area contributed by atoms with Gasteiger partial charge in [0.2, 0.25) is 0 Å². The molecule has 0 saturated carbocycles. The zero-order valence-corrected chi connectivity index (χ0v) is 20.8. The number of nitrogens with zero attached hydrogens (tertiary/aromatic N) is 1. The SMILES string of the molecule is COc1cc(OC)cc(C(=O)NCc2ccc(-c3nc(-c4ccc(OC)c(OC)c4)cs3)cc2)c1. The highest BCUT2D eigenvalue weighted by molar-refractivity contribution is 7.13. The van der Waals surface area contributed by atoms with E-state index in [4.69, 9.17) is 23.9 Å². The Hall–Kier alpha value is -4.04.